The van der Waals surface area contributed by atoms with Gasteiger partial charge in [0.1, 0.15) is 11.6 Å². The van der Waals surface area contributed by atoms with Gasteiger partial charge in [-0.3, -0.25) is 0 Å². The molecule has 0 fully saturated rings. The second kappa shape index (κ2) is 4.13. The highest BCUT2D eigenvalue weighted by Gasteiger charge is 2.27. The third-order valence-corrected chi connectivity index (χ3v) is 4.59. The summed E-state index contributed by atoms with van der Waals surface area (Å²) in [5, 5.41) is 15.8. The summed E-state index contributed by atoms with van der Waals surface area (Å²) in [6.07, 6.45) is 0.943. The Kier molecular flexibility index (Phi) is 2.51. The highest BCUT2D eigenvalue weighted by Crippen LogP contribution is 2.34. The molecular weight excluding hydrogens is 277 g/mol. The van der Waals surface area contributed by atoms with E-state index in [2.05, 4.69) is 26.1 Å². The molecule has 1 aliphatic heterocycles. The standard InChI is InChI=1S/C19H18FNO/c1-10-9-19(2,3)21-16-8-14-13(7-12(10)16)17-11(18(14)22)5-4-6-15(17)20/h4-8,21-22H,9H2,1-3H3. The van der Waals surface area contributed by atoms with E-state index in [1.54, 1.807) is 12.1 Å². The Balaban J connectivity index is 2.10. The summed E-state index contributed by atoms with van der Waals surface area (Å²) < 4.78 is 14.2. The van der Waals surface area contributed by atoms with Gasteiger partial charge < -0.3 is 10.4 Å². The Hall–Kier alpha value is -2.29. The molecule has 112 valence electrons. The fourth-order valence-corrected chi connectivity index (χ4v) is 3.77. The SMILES string of the molecule is CC1=c2cc3c(cc2NC(C)(C)C1)=C(O)c1cccc(F)c1-3. The minimum Gasteiger partial charge on any atom is -0.507 e. The average molecular weight is 295 g/mol. The molecule has 0 unspecified atom stereocenters. The molecule has 0 bridgehead atoms. The molecule has 0 saturated heterocycles. The number of nitrogens with one attached hydrogen (secondary N) is 1. The number of aliphatic hydroxyl groups excluding tert-OH is 1. The van der Waals surface area contributed by atoms with E-state index in [1.165, 1.54) is 11.6 Å². The van der Waals surface area contributed by atoms with Gasteiger partial charge in [-0.2, -0.15) is 0 Å². The van der Waals surface area contributed by atoms with Crippen LogP contribution in [0.5, 0.6) is 0 Å². The van der Waals surface area contributed by atoms with Gasteiger partial charge >= 0.3 is 0 Å². The Morgan fingerprint density at radius 3 is 2.68 bits per heavy atom. The van der Waals surface area contributed by atoms with Gasteiger partial charge in [-0.15, -0.1) is 0 Å². The first-order chi connectivity index (χ1) is 10.4. The third-order valence-electron chi connectivity index (χ3n) is 4.59. The van der Waals surface area contributed by atoms with E-state index in [9.17, 15) is 9.50 Å². The first kappa shape index (κ1) is 13.4. The lowest BCUT2D eigenvalue weighted by Gasteiger charge is -2.32. The lowest BCUT2D eigenvalue weighted by molar-refractivity contribution is 0.509. The van der Waals surface area contributed by atoms with E-state index < -0.39 is 0 Å². The number of fused-ring (bicyclic) bond motifs is 4. The van der Waals surface area contributed by atoms with Crippen LogP contribution in [0, 0.1) is 5.82 Å². The first-order valence-electron chi connectivity index (χ1n) is 7.52. The van der Waals surface area contributed by atoms with Crippen LogP contribution in [-0.2, 0) is 0 Å². The number of hydrogen-bond donors (Lipinski definition) is 2. The number of aliphatic hydroxyl groups is 1. The second-order valence-electron chi connectivity index (χ2n) is 6.92. The molecule has 2 N–H and O–H groups in total. The third kappa shape index (κ3) is 1.71. The summed E-state index contributed by atoms with van der Waals surface area (Å²) >= 11 is 0. The molecule has 22 heavy (non-hydrogen) atoms. The van der Waals surface area contributed by atoms with Gasteiger partial charge in [0.25, 0.3) is 0 Å². The van der Waals surface area contributed by atoms with E-state index in [-0.39, 0.29) is 17.1 Å². The number of rotatable bonds is 0. The summed E-state index contributed by atoms with van der Waals surface area (Å²) in [5.41, 5.74) is 4.14. The van der Waals surface area contributed by atoms with Crippen molar-refractivity contribution in [2.75, 3.05) is 5.32 Å². The molecule has 0 radical (unpaired) electrons. The van der Waals surface area contributed by atoms with Crippen LogP contribution in [0.2, 0.25) is 0 Å². The molecule has 0 atom stereocenters. The molecule has 2 aromatic rings. The predicted octanol–water partition coefficient (Wildman–Crippen LogP) is 3.29. The second-order valence-corrected chi connectivity index (χ2v) is 6.92. The predicted molar refractivity (Wildman–Crippen MR) is 87.6 cm³/mol. The highest BCUT2D eigenvalue weighted by atomic mass is 19.1. The van der Waals surface area contributed by atoms with Crippen LogP contribution in [0.3, 0.4) is 0 Å². The van der Waals surface area contributed by atoms with E-state index in [4.69, 9.17) is 0 Å². The summed E-state index contributed by atoms with van der Waals surface area (Å²) in [6.45, 7) is 6.43. The molecule has 2 aliphatic rings. The van der Waals surface area contributed by atoms with Gasteiger partial charge in [0.2, 0.25) is 0 Å². The molecule has 1 heterocycles. The van der Waals surface area contributed by atoms with Gasteiger partial charge in [-0.05, 0) is 56.2 Å². The molecule has 0 aromatic heterocycles. The molecule has 3 heteroatoms. The van der Waals surface area contributed by atoms with Crippen molar-refractivity contribution in [2.45, 2.75) is 32.7 Å². The zero-order chi connectivity index (χ0) is 15.6. The quantitative estimate of drug-likeness (QED) is 0.781. The van der Waals surface area contributed by atoms with E-state index in [0.29, 0.717) is 16.3 Å². The van der Waals surface area contributed by atoms with Gasteiger partial charge in [0.05, 0.1) is 0 Å². The average Bonchev–Trinajstić information content (AvgIpc) is 2.71. The number of halogens is 1. The maximum absolute atomic E-state index is 14.2. The molecule has 2 nitrogen and oxygen atoms in total. The van der Waals surface area contributed by atoms with E-state index >= 15 is 0 Å². The summed E-state index contributed by atoms with van der Waals surface area (Å²) in [6, 6.07) is 8.80. The van der Waals surface area contributed by atoms with Crippen LogP contribution < -0.4 is 15.8 Å². The van der Waals surface area contributed by atoms with Crippen molar-refractivity contribution < 1.29 is 9.50 Å². The van der Waals surface area contributed by atoms with Gasteiger partial charge in [-0.25, -0.2) is 4.39 Å². The minimum atomic E-state index is -0.287. The summed E-state index contributed by atoms with van der Waals surface area (Å²) in [4.78, 5) is 0. The van der Waals surface area contributed by atoms with Crippen molar-refractivity contribution in [3.63, 3.8) is 0 Å². The maximum Gasteiger partial charge on any atom is 0.131 e. The van der Waals surface area contributed by atoms with E-state index in [0.717, 1.165) is 22.9 Å². The van der Waals surface area contributed by atoms with Gasteiger partial charge in [0.15, 0.2) is 0 Å². The lowest BCUT2D eigenvalue weighted by Crippen LogP contribution is -2.39. The number of hydrogen-bond acceptors (Lipinski definition) is 2. The van der Waals surface area contributed by atoms with Crippen LogP contribution in [-0.4, -0.2) is 10.6 Å². The van der Waals surface area contributed by atoms with E-state index in [1.807, 2.05) is 12.1 Å². The Morgan fingerprint density at radius 2 is 1.91 bits per heavy atom. The molecular formula is C19H18FNO. The lowest BCUT2D eigenvalue weighted by atomic mass is 9.89. The summed E-state index contributed by atoms with van der Waals surface area (Å²) in [7, 11) is 0. The van der Waals surface area contributed by atoms with Crippen molar-refractivity contribution in [3.05, 3.63) is 52.1 Å². The van der Waals surface area contributed by atoms with Crippen molar-refractivity contribution in [1.29, 1.82) is 0 Å². The Bertz CT molecular complexity index is 941. The topological polar surface area (TPSA) is 32.3 Å². The van der Waals surface area contributed by atoms with Crippen LogP contribution >= 0.6 is 0 Å². The fourth-order valence-electron chi connectivity index (χ4n) is 3.77. The molecule has 0 spiro atoms. The van der Waals surface area contributed by atoms with Gasteiger partial charge in [-0.1, -0.05) is 17.7 Å². The zero-order valence-corrected chi connectivity index (χ0v) is 12.9. The molecule has 1 aliphatic carbocycles. The monoisotopic (exact) mass is 295 g/mol. The van der Waals surface area contributed by atoms with Crippen molar-refractivity contribution >= 4 is 17.0 Å². The molecule has 4 rings (SSSR count). The summed E-state index contributed by atoms with van der Waals surface area (Å²) in [5.74, 6) is -0.125. The van der Waals surface area contributed by atoms with Crippen molar-refractivity contribution in [3.8, 4) is 11.1 Å². The number of benzene rings is 2. The molecule has 0 amide bonds. The Morgan fingerprint density at radius 1 is 1.14 bits per heavy atom. The minimum absolute atomic E-state index is 0.0162. The zero-order valence-electron chi connectivity index (χ0n) is 12.9. The first-order valence-corrected chi connectivity index (χ1v) is 7.52. The highest BCUT2D eigenvalue weighted by molar-refractivity contribution is 5.88. The normalized spacial score (nSPS) is 17.6. The van der Waals surface area contributed by atoms with Crippen LogP contribution in [0.15, 0.2) is 30.3 Å². The van der Waals surface area contributed by atoms with Gasteiger partial charge in [0, 0.05) is 27.6 Å². The molecule has 0 saturated carbocycles. The van der Waals surface area contributed by atoms with Crippen LogP contribution in [0.4, 0.5) is 10.1 Å². The number of anilines is 1. The van der Waals surface area contributed by atoms with Crippen LogP contribution in [0.25, 0.3) is 22.5 Å². The fraction of sp³-hybridized carbons (Fsp3) is 0.263. The van der Waals surface area contributed by atoms with Crippen LogP contribution in [0.1, 0.15) is 32.8 Å². The smallest absolute Gasteiger partial charge is 0.131 e. The van der Waals surface area contributed by atoms with Crippen molar-refractivity contribution in [1.82, 2.24) is 0 Å². The largest absolute Gasteiger partial charge is 0.507 e. The van der Waals surface area contributed by atoms with Crippen molar-refractivity contribution in [2.24, 2.45) is 0 Å². The molecule has 2 aromatic carbocycles. The maximum atomic E-state index is 14.2. The Labute approximate surface area is 128 Å².